The quantitative estimate of drug-likeness (QED) is 0.749. The molecule has 1 atom stereocenters. The first-order chi connectivity index (χ1) is 7.58. The molecule has 16 heavy (non-hydrogen) atoms. The van der Waals surface area contributed by atoms with Crippen LogP contribution in [0.5, 0.6) is 0 Å². The number of carbonyl (C=O) groups is 1. The molecule has 0 spiro atoms. The standard InChI is InChI=1S/C9H11ClN4O2/c1-14-9(16)8(10)6(4-12-14)13-5-2-7(15)11-3-5/h4-5,13H,2-3H2,1H3,(H,11,15). The van der Waals surface area contributed by atoms with E-state index in [0.29, 0.717) is 18.7 Å². The molecular weight excluding hydrogens is 232 g/mol. The monoisotopic (exact) mass is 242 g/mol. The van der Waals surface area contributed by atoms with Crippen molar-refractivity contribution in [3.8, 4) is 0 Å². The third kappa shape index (κ3) is 2.01. The van der Waals surface area contributed by atoms with Gasteiger partial charge in [-0.25, -0.2) is 4.68 Å². The Morgan fingerprint density at radius 2 is 2.38 bits per heavy atom. The highest BCUT2D eigenvalue weighted by Gasteiger charge is 2.22. The van der Waals surface area contributed by atoms with E-state index in [-0.39, 0.29) is 22.5 Å². The molecular formula is C9H11ClN4O2. The molecule has 1 amide bonds. The van der Waals surface area contributed by atoms with E-state index < -0.39 is 0 Å². The van der Waals surface area contributed by atoms with Crippen LogP contribution in [0.1, 0.15) is 6.42 Å². The van der Waals surface area contributed by atoms with E-state index in [9.17, 15) is 9.59 Å². The fourth-order valence-corrected chi connectivity index (χ4v) is 1.76. The molecule has 1 aliphatic heterocycles. The van der Waals surface area contributed by atoms with Crippen molar-refractivity contribution < 1.29 is 4.79 Å². The topological polar surface area (TPSA) is 76.0 Å². The molecule has 7 heteroatoms. The zero-order valence-electron chi connectivity index (χ0n) is 8.66. The predicted octanol–water partition coefficient (Wildman–Crippen LogP) is -0.266. The van der Waals surface area contributed by atoms with Crippen LogP contribution in [0.2, 0.25) is 5.02 Å². The van der Waals surface area contributed by atoms with Gasteiger partial charge in [-0.1, -0.05) is 11.6 Å². The Bertz CT molecular complexity index is 485. The molecule has 0 bridgehead atoms. The summed E-state index contributed by atoms with van der Waals surface area (Å²) in [5.74, 6) is -0.00887. The van der Waals surface area contributed by atoms with Gasteiger partial charge in [-0.15, -0.1) is 0 Å². The van der Waals surface area contributed by atoms with E-state index >= 15 is 0 Å². The van der Waals surface area contributed by atoms with Gasteiger partial charge in [-0.05, 0) is 0 Å². The maximum atomic E-state index is 11.5. The molecule has 6 nitrogen and oxygen atoms in total. The molecule has 2 N–H and O–H groups in total. The van der Waals surface area contributed by atoms with Crippen molar-refractivity contribution >= 4 is 23.2 Å². The molecule has 0 aromatic carbocycles. The van der Waals surface area contributed by atoms with Gasteiger partial charge in [-0.3, -0.25) is 9.59 Å². The van der Waals surface area contributed by atoms with E-state index in [4.69, 9.17) is 11.6 Å². The largest absolute Gasteiger partial charge is 0.377 e. The Balaban J connectivity index is 2.19. The smallest absolute Gasteiger partial charge is 0.287 e. The first-order valence-electron chi connectivity index (χ1n) is 4.83. The van der Waals surface area contributed by atoms with Crippen molar-refractivity contribution in [1.82, 2.24) is 15.1 Å². The number of halogens is 1. The van der Waals surface area contributed by atoms with Crippen LogP contribution in [0.3, 0.4) is 0 Å². The summed E-state index contributed by atoms with van der Waals surface area (Å²) in [6.45, 7) is 0.532. The highest BCUT2D eigenvalue weighted by molar-refractivity contribution is 6.32. The second kappa shape index (κ2) is 4.13. The second-order valence-electron chi connectivity index (χ2n) is 3.65. The summed E-state index contributed by atoms with van der Waals surface area (Å²) in [6.07, 6.45) is 1.86. The summed E-state index contributed by atoms with van der Waals surface area (Å²) in [6, 6.07) is -0.0427. The van der Waals surface area contributed by atoms with Crippen molar-refractivity contribution in [1.29, 1.82) is 0 Å². The molecule has 1 fully saturated rings. The third-order valence-electron chi connectivity index (χ3n) is 2.42. The molecule has 0 saturated carbocycles. The molecule has 0 radical (unpaired) electrons. The van der Waals surface area contributed by atoms with Crippen LogP contribution >= 0.6 is 11.6 Å². The van der Waals surface area contributed by atoms with Crippen LogP contribution < -0.4 is 16.2 Å². The minimum Gasteiger partial charge on any atom is -0.377 e. The van der Waals surface area contributed by atoms with Gasteiger partial charge in [0.25, 0.3) is 5.56 Å². The maximum absolute atomic E-state index is 11.5. The molecule has 1 aromatic rings. The summed E-state index contributed by atoms with van der Waals surface area (Å²) < 4.78 is 1.16. The SMILES string of the molecule is Cn1ncc(NC2CNC(=O)C2)c(Cl)c1=O. The highest BCUT2D eigenvalue weighted by Crippen LogP contribution is 2.17. The molecule has 1 saturated heterocycles. The lowest BCUT2D eigenvalue weighted by molar-refractivity contribution is -0.119. The number of anilines is 1. The summed E-state index contributed by atoms with van der Waals surface area (Å²) in [4.78, 5) is 22.5. The van der Waals surface area contributed by atoms with Crippen LogP contribution in [0.25, 0.3) is 0 Å². The van der Waals surface area contributed by atoms with Gasteiger partial charge in [0.05, 0.1) is 17.9 Å². The maximum Gasteiger partial charge on any atom is 0.287 e. The Morgan fingerprint density at radius 1 is 1.62 bits per heavy atom. The van der Waals surface area contributed by atoms with E-state index in [1.165, 1.54) is 13.2 Å². The van der Waals surface area contributed by atoms with Gasteiger partial charge in [0, 0.05) is 20.0 Å². The highest BCUT2D eigenvalue weighted by atomic mass is 35.5. The van der Waals surface area contributed by atoms with Crippen LogP contribution in [-0.4, -0.2) is 28.3 Å². The van der Waals surface area contributed by atoms with Crippen molar-refractivity contribution in [3.05, 3.63) is 21.6 Å². The number of nitrogens with zero attached hydrogens (tertiary/aromatic N) is 2. The predicted molar refractivity (Wildman–Crippen MR) is 59.5 cm³/mol. The number of amides is 1. The van der Waals surface area contributed by atoms with Crippen LogP contribution in [0.15, 0.2) is 11.0 Å². The fraction of sp³-hybridized carbons (Fsp3) is 0.444. The first-order valence-corrected chi connectivity index (χ1v) is 5.21. The summed E-state index contributed by atoms with van der Waals surface area (Å²) in [5, 5.41) is 9.65. The number of aryl methyl sites for hydroxylation is 1. The molecule has 0 aliphatic carbocycles. The summed E-state index contributed by atoms with van der Waals surface area (Å²) in [7, 11) is 1.53. The summed E-state index contributed by atoms with van der Waals surface area (Å²) in [5.41, 5.74) is 0.107. The zero-order chi connectivity index (χ0) is 11.7. The number of carbonyl (C=O) groups excluding carboxylic acids is 1. The van der Waals surface area contributed by atoms with Gasteiger partial charge in [-0.2, -0.15) is 5.10 Å². The zero-order valence-corrected chi connectivity index (χ0v) is 9.41. The summed E-state index contributed by atoms with van der Waals surface area (Å²) >= 11 is 5.87. The number of rotatable bonds is 2. The fourth-order valence-electron chi connectivity index (χ4n) is 1.54. The van der Waals surface area contributed by atoms with Gasteiger partial charge in [0.1, 0.15) is 5.02 Å². The lowest BCUT2D eigenvalue weighted by atomic mass is 10.2. The minimum absolute atomic E-state index is 0.00887. The van der Waals surface area contributed by atoms with Crippen molar-refractivity contribution in [3.63, 3.8) is 0 Å². The van der Waals surface area contributed by atoms with E-state index in [0.717, 1.165) is 4.68 Å². The molecule has 1 aromatic heterocycles. The average molecular weight is 243 g/mol. The molecule has 86 valence electrons. The first kappa shape index (κ1) is 10.9. The van der Waals surface area contributed by atoms with Gasteiger partial charge < -0.3 is 10.6 Å². The van der Waals surface area contributed by atoms with E-state index in [2.05, 4.69) is 15.7 Å². The minimum atomic E-state index is -0.357. The van der Waals surface area contributed by atoms with E-state index in [1.54, 1.807) is 0 Å². The lowest BCUT2D eigenvalue weighted by Crippen LogP contribution is -2.26. The molecule has 2 rings (SSSR count). The van der Waals surface area contributed by atoms with Gasteiger partial charge in [0.15, 0.2) is 0 Å². The average Bonchev–Trinajstić information content (AvgIpc) is 2.65. The molecule has 2 heterocycles. The number of aromatic nitrogens is 2. The van der Waals surface area contributed by atoms with Crippen LogP contribution in [0.4, 0.5) is 5.69 Å². The Hall–Kier alpha value is -1.56. The molecule has 1 unspecified atom stereocenters. The van der Waals surface area contributed by atoms with Gasteiger partial charge in [0.2, 0.25) is 5.91 Å². The Labute approximate surface area is 96.6 Å². The number of nitrogens with one attached hydrogen (secondary N) is 2. The van der Waals surface area contributed by atoms with Crippen LogP contribution in [-0.2, 0) is 11.8 Å². The normalized spacial score (nSPS) is 19.6. The Morgan fingerprint density at radius 3 is 3.00 bits per heavy atom. The number of hydrogen-bond donors (Lipinski definition) is 2. The van der Waals surface area contributed by atoms with Crippen LogP contribution in [0, 0.1) is 0 Å². The Kier molecular flexibility index (Phi) is 2.82. The third-order valence-corrected chi connectivity index (χ3v) is 2.78. The van der Waals surface area contributed by atoms with E-state index in [1.807, 2.05) is 0 Å². The van der Waals surface area contributed by atoms with Gasteiger partial charge >= 0.3 is 0 Å². The number of hydrogen-bond acceptors (Lipinski definition) is 4. The second-order valence-corrected chi connectivity index (χ2v) is 4.03. The van der Waals surface area contributed by atoms with Crippen molar-refractivity contribution in [2.45, 2.75) is 12.5 Å². The van der Waals surface area contributed by atoms with Crippen molar-refractivity contribution in [2.75, 3.05) is 11.9 Å². The van der Waals surface area contributed by atoms with Crippen molar-refractivity contribution in [2.24, 2.45) is 7.05 Å². The lowest BCUT2D eigenvalue weighted by Gasteiger charge is -2.12. The molecule has 1 aliphatic rings.